The number of alkyl halides is 6. The van der Waals surface area contributed by atoms with Crippen LogP contribution in [-0.4, -0.2) is 37.7 Å². The second-order valence-corrected chi connectivity index (χ2v) is 2.85. The van der Waals surface area contributed by atoms with Crippen LogP contribution in [0.3, 0.4) is 0 Å². The van der Waals surface area contributed by atoms with Crippen LogP contribution in [0.2, 0.25) is 0 Å². The van der Waals surface area contributed by atoms with Crippen molar-refractivity contribution >= 4 is 12.4 Å². The lowest BCUT2D eigenvalue weighted by atomic mass is 10.0. The van der Waals surface area contributed by atoms with Gasteiger partial charge in [0.2, 0.25) is 0 Å². The van der Waals surface area contributed by atoms with Crippen LogP contribution in [0.25, 0.3) is 0 Å². The summed E-state index contributed by atoms with van der Waals surface area (Å²) in [7, 11) is 0. The highest BCUT2D eigenvalue weighted by molar-refractivity contribution is 5.85. The Bertz CT molecular complexity index is 193. The van der Waals surface area contributed by atoms with Crippen LogP contribution in [-0.2, 0) is 4.74 Å². The standard InChI is InChI=1S/C6H7F6NO.ClH/c7-5(8,9)4(6(10,11)12)3-13-1-2-14-4;/h13H,1-3H2;1H. The van der Waals surface area contributed by atoms with E-state index < -0.39 is 31.1 Å². The van der Waals surface area contributed by atoms with Gasteiger partial charge in [-0.15, -0.1) is 12.4 Å². The molecule has 9 heteroatoms. The van der Waals surface area contributed by atoms with Gasteiger partial charge >= 0.3 is 12.4 Å². The summed E-state index contributed by atoms with van der Waals surface area (Å²) in [6.07, 6.45) is -10.9. The van der Waals surface area contributed by atoms with Gasteiger partial charge in [0.05, 0.1) is 6.61 Å². The highest BCUT2D eigenvalue weighted by Crippen LogP contribution is 2.46. The lowest BCUT2D eigenvalue weighted by molar-refractivity contribution is -0.383. The van der Waals surface area contributed by atoms with E-state index in [2.05, 4.69) is 4.74 Å². The second-order valence-electron chi connectivity index (χ2n) is 2.85. The average molecular weight is 260 g/mol. The zero-order valence-electron chi connectivity index (χ0n) is 7.21. The molecule has 0 aromatic carbocycles. The lowest BCUT2D eigenvalue weighted by Crippen LogP contribution is -2.66. The Hall–Kier alpha value is -0.210. The molecule has 0 aromatic rings. The summed E-state index contributed by atoms with van der Waals surface area (Å²) in [6, 6.07) is 0. The number of ether oxygens (including phenoxy) is 1. The molecule has 0 unspecified atom stereocenters. The van der Waals surface area contributed by atoms with Crippen LogP contribution >= 0.6 is 12.4 Å². The largest absolute Gasteiger partial charge is 0.427 e. The predicted molar refractivity (Wildman–Crippen MR) is 40.9 cm³/mol. The highest BCUT2D eigenvalue weighted by atomic mass is 35.5. The minimum atomic E-state index is -5.46. The molecule has 2 nitrogen and oxygen atoms in total. The smallest absolute Gasteiger partial charge is 0.356 e. The van der Waals surface area contributed by atoms with E-state index in [-0.39, 0.29) is 19.0 Å². The van der Waals surface area contributed by atoms with Gasteiger partial charge in [-0.25, -0.2) is 0 Å². The van der Waals surface area contributed by atoms with E-state index in [0.717, 1.165) is 0 Å². The first-order valence-corrected chi connectivity index (χ1v) is 3.69. The first-order valence-electron chi connectivity index (χ1n) is 3.69. The molecule has 92 valence electrons. The van der Waals surface area contributed by atoms with Crippen LogP contribution in [0.15, 0.2) is 0 Å². The molecular formula is C6H8ClF6NO. The summed E-state index contributed by atoms with van der Waals surface area (Å²) in [6.45, 7) is -1.92. The van der Waals surface area contributed by atoms with Crippen molar-refractivity contribution in [3.05, 3.63) is 0 Å². The normalized spacial score (nSPS) is 22.0. The minimum absolute atomic E-state index is 0. The summed E-state index contributed by atoms with van der Waals surface area (Å²) in [5.74, 6) is 0. The lowest BCUT2D eigenvalue weighted by Gasteiger charge is -2.39. The number of hydrogen-bond donors (Lipinski definition) is 1. The molecule has 1 N–H and O–H groups in total. The second kappa shape index (κ2) is 4.34. The molecule has 1 heterocycles. The Labute approximate surface area is 87.4 Å². The SMILES string of the molecule is Cl.FC(F)(F)C1(C(F)(F)F)CNCCO1. The molecule has 0 aliphatic carbocycles. The number of morpholine rings is 1. The maximum absolute atomic E-state index is 12.2. The molecule has 0 atom stereocenters. The van der Waals surface area contributed by atoms with E-state index in [1.54, 1.807) is 0 Å². The van der Waals surface area contributed by atoms with Gasteiger partial charge in [0.1, 0.15) is 0 Å². The van der Waals surface area contributed by atoms with Gasteiger partial charge in [0.15, 0.2) is 0 Å². The summed E-state index contributed by atoms with van der Waals surface area (Å²) in [5, 5.41) is 2.02. The van der Waals surface area contributed by atoms with Crippen molar-refractivity contribution in [2.24, 2.45) is 0 Å². The molecule has 0 bridgehead atoms. The van der Waals surface area contributed by atoms with Crippen LogP contribution in [0, 0.1) is 0 Å². The highest BCUT2D eigenvalue weighted by Gasteiger charge is 2.72. The molecule has 0 saturated carbocycles. The van der Waals surface area contributed by atoms with Crippen LogP contribution < -0.4 is 5.32 Å². The fourth-order valence-corrected chi connectivity index (χ4v) is 1.14. The Kier molecular flexibility index (Phi) is 4.28. The van der Waals surface area contributed by atoms with Crippen molar-refractivity contribution in [1.29, 1.82) is 0 Å². The molecule has 0 amide bonds. The fraction of sp³-hybridized carbons (Fsp3) is 1.00. The molecule has 1 saturated heterocycles. The van der Waals surface area contributed by atoms with Gasteiger partial charge in [-0.3, -0.25) is 0 Å². The molecular weight excluding hydrogens is 252 g/mol. The van der Waals surface area contributed by atoms with Gasteiger partial charge in [-0.05, 0) is 0 Å². The Morgan fingerprint density at radius 2 is 1.47 bits per heavy atom. The Balaban J connectivity index is 0.00000196. The zero-order valence-corrected chi connectivity index (χ0v) is 8.02. The molecule has 1 aliphatic heterocycles. The number of nitrogens with one attached hydrogen (secondary N) is 1. The van der Waals surface area contributed by atoms with Crippen LogP contribution in [0.5, 0.6) is 0 Å². The van der Waals surface area contributed by atoms with Gasteiger partial charge in [0, 0.05) is 13.1 Å². The average Bonchev–Trinajstić information content (AvgIpc) is 2.02. The van der Waals surface area contributed by atoms with Crippen molar-refractivity contribution in [2.45, 2.75) is 18.0 Å². The topological polar surface area (TPSA) is 21.3 Å². The molecule has 1 rings (SSSR count). The maximum atomic E-state index is 12.2. The Morgan fingerprint density at radius 3 is 1.67 bits per heavy atom. The molecule has 1 fully saturated rings. The number of hydrogen-bond acceptors (Lipinski definition) is 2. The van der Waals surface area contributed by atoms with Gasteiger partial charge in [0.25, 0.3) is 5.60 Å². The van der Waals surface area contributed by atoms with E-state index in [1.807, 2.05) is 5.32 Å². The quantitative estimate of drug-likeness (QED) is 0.671. The third-order valence-electron chi connectivity index (χ3n) is 1.92. The van der Waals surface area contributed by atoms with E-state index in [9.17, 15) is 26.3 Å². The number of rotatable bonds is 0. The Morgan fingerprint density at radius 1 is 1.00 bits per heavy atom. The minimum Gasteiger partial charge on any atom is -0.356 e. The van der Waals surface area contributed by atoms with Crippen LogP contribution in [0.1, 0.15) is 0 Å². The summed E-state index contributed by atoms with van der Waals surface area (Å²) >= 11 is 0. The molecule has 0 aromatic heterocycles. The first-order chi connectivity index (χ1) is 6.21. The van der Waals surface area contributed by atoms with Crippen LogP contribution in [0.4, 0.5) is 26.3 Å². The maximum Gasteiger partial charge on any atom is 0.427 e. The van der Waals surface area contributed by atoms with E-state index in [1.165, 1.54) is 0 Å². The van der Waals surface area contributed by atoms with Crippen molar-refractivity contribution in [2.75, 3.05) is 19.7 Å². The first kappa shape index (κ1) is 14.8. The molecule has 15 heavy (non-hydrogen) atoms. The van der Waals surface area contributed by atoms with E-state index in [0.29, 0.717) is 0 Å². The molecule has 0 spiro atoms. The van der Waals surface area contributed by atoms with Crippen molar-refractivity contribution in [1.82, 2.24) is 5.32 Å². The number of halogens is 7. The monoisotopic (exact) mass is 259 g/mol. The third-order valence-corrected chi connectivity index (χ3v) is 1.92. The summed E-state index contributed by atoms with van der Waals surface area (Å²) in [4.78, 5) is 0. The van der Waals surface area contributed by atoms with Crippen molar-refractivity contribution in [3.63, 3.8) is 0 Å². The van der Waals surface area contributed by atoms with Crippen molar-refractivity contribution < 1.29 is 31.1 Å². The van der Waals surface area contributed by atoms with E-state index in [4.69, 9.17) is 0 Å². The van der Waals surface area contributed by atoms with Crippen molar-refractivity contribution in [3.8, 4) is 0 Å². The third kappa shape index (κ3) is 2.48. The van der Waals surface area contributed by atoms with E-state index >= 15 is 0 Å². The summed E-state index contributed by atoms with van der Waals surface area (Å²) in [5.41, 5.74) is -4.06. The predicted octanol–water partition coefficient (Wildman–Crippen LogP) is 1.89. The van der Waals surface area contributed by atoms with Gasteiger partial charge in [-0.1, -0.05) is 0 Å². The molecule has 1 aliphatic rings. The van der Waals surface area contributed by atoms with Gasteiger partial charge in [-0.2, -0.15) is 26.3 Å². The zero-order chi connectivity index (χ0) is 11.0. The summed E-state index contributed by atoms with van der Waals surface area (Å²) < 4.78 is 77.1. The molecule has 0 radical (unpaired) electrons. The fourth-order valence-electron chi connectivity index (χ4n) is 1.14. The van der Waals surface area contributed by atoms with Gasteiger partial charge < -0.3 is 10.1 Å².